The summed E-state index contributed by atoms with van der Waals surface area (Å²) in [5.74, 6) is -0.804. The Morgan fingerprint density at radius 2 is 1.96 bits per heavy atom. The molecule has 0 fully saturated rings. The van der Waals surface area contributed by atoms with Gasteiger partial charge < -0.3 is 16.4 Å². The number of nitro benzene ring substituents is 1. The summed E-state index contributed by atoms with van der Waals surface area (Å²) in [6.45, 7) is 7.54. The van der Waals surface area contributed by atoms with Crippen LogP contribution in [0.25, 0.3) is 0 Å². The van der Waals surface area contributed by atoms with E-state index in [1.165, 1.54) is 18.2 Å². The predicted octanol–water partition coefficient (Wildman–Crippen LogP) is 1.20. The molecule has 0 aliphatic rings. The number of benzene rings is 1. The molecule has 0 saturated heterocycles. The highest BCUT2D eigenvalue weighted by atomic mass is 16.6. The van der Waals surface area contributed by atoms with Crippen LogP contribution >= 0.6 is 0 Å². The second kappa shape index (κ2) is 7.87. The van der Waals surface area contributed by atoms with E-state index in [2.05, 4.69) is 10.6 Å². The SMILES string of the molecule is CC(NC(=O)c1cccc([N+](=O)[O-])c1)C(=O)NC(C)(CN)C(C)C. The van der Waals surface area contributed by atoms with Crippen LogP contribution in [0.3, 0.4) is 0 Å². The van der Waals surface area contributed by atoms with Gasteiger partial charge in [0.05, 0.1) is 10.5 Å². The van der Waals surface area contributed by atoms with E-state index < -0.39 is 22.4 Å². The minimum atomic E-state index is -0.804. The summed E-state index contributed by atoms with van der Waals surface area (Å²) in [6.07, 6.45) is 0. The monoisotopic (exact) mass is 336 g/mol. The Bertz CT molecular complexity index is 632. The summed E-state index contributed by atoms with van der Waals surface area (Å²) in [5, 5.41) is 16.1. The Morgan fingerprint density at radius 3 is 2.46 bits per heavy atom. The van der Waals surface area contributed by atoms with E-state index >= 15 is 0 Å². The molecule has 132 valence electrons. The van der Waals surface area contributed by atoms with Gasteiger partial charge in [-0.1, -0.05) is 19.9 Å². The number of carbonyl (C=O) groups excluding carboxylic acids is 2. The second-order valence-electron chi connectivity index (χ2n) is 6.27. The van der Waals surface area contributed by atoms with Crippen LogP contribution in [0.15, 0.2) is 24.3 Å². The van der Waals surface area contributed by atoms with E-state index in [1.807, 2.05) is 20.8 Å². The van der Waals surface area contributed by atoms with Crippen LogP contribution in [0.4, 0.5) is 5.69 Å². The number of nitrogens with zero attached hydrogens (tertiary/aromatic N) is 1. The quantitative estimate of drug-likeness (QED) is 0.509. The number of non-ortho nitro benzene ring substituents is 1. The number of hydrogen-bond acceptors (Lipinski definition) is 5. The van der Waals surface area contributed by atoms with Crippen LogP contribution < -0.4 is 16.4 Å². The normalized spacial score (nSPS) is 14.6. The third-order valence-electron chi connectivity index (χ3n) is 4.17. The lowest BCUT2D eigenvalue weighted by atomic mass is 9.88. The molecule has 24 heavy (non-hydrogen) atoms. The van der Waals surface area contributed by atoms with Crippen molar-refractivity contribution in [1.82, 2.24) is 10.6 Å². The molecule has 4 N–H and O–H groups in total. The van der Waals surface area contributed by atoms with Crippen molar-refractivity contribution in [2.45, 2.75) is 39.3 Å². The van der Waals surface area contributed by atoms with Gasteiger partial charge in [0, 0.05) is 24.2 Å². The molecule has 0 aliphatic carbocycles. The van der Waals surface area contributed by atoms with Crippen LogP contribution in [-0.4, -0.2) is 34.9 Å². The lowest BCUT2D eigenvalue weighted by molar-refractivity contribution is -0.384. The molecule has 0 bridgehead atoms. The fourth-order valence-electron chi connectivity index (χ4n) is 1.93. The van der Waals surface area contributed by atoms with Gasteiger partial charge in [-0.05, 0) is 25.8 Å². The van der Waals surface area contributed by atoms with Crippen molar-refractivity contribution < 1.29 is 14.5 Å². The Hall–Kier alpha value is -2.48. The van der Waals surface area contributed by atoms with Gasteiger partial charge in [-0.15, -0.1) is 0 Å². The third-order valence-corrected chi connectivity index (χ3v) is 4.17. The molecule has 1 aromatic carbocycles. The summed E-state index contributed by atoms with van der Waals surface area (Å²) in [4.78, 5) is 34.6. The molecule has 1 aromatic rings. The zero-order chi connectivity index (χ0) is 18.5. The summed E-state index contributed by atoms with van der Waals surface area (Å²) in [7, 11) is 0. The first-order valence-corrected chi connectivity index (χ1v) is 7.68. The van der Waals surface area contributed by atoms with E-state index in [1.54, 1.807) is 6.92 Å². The summed E-state index contributed by atoms with van der Waals surface area (Å²) < 4.78 is 0. The van der Waals surface area contributed by atoms with E-state index in [0.717, 1.165) is 6.07 Å². The number of amides is 2. The summed E-state index contributed by atoms with van der Waals surface area (Å²) >= 11 is 0. The van der Waals surface area contributed by atoms with Gasteiger partial charge in [0.25, 0.3) is 11.6 Å². The minimum absolute atomic E-state index is 0.117. The molecular weight excluding hydrogens is 312 g/mol. The van der Waals surface area contributed by atoms with Crippen molar-refractivity contribution >= 4 is 17.5 Å². The first kappa shape index (κ1) is 19.6. The fraction of sp³-hybridized carbons (Fsp3) is 0.500. The first-order chi connectivity index (χ1) is 11.1. The molecule has 0 spiro atoms. The highest BCUT2D eigenvalue weighted by molar-refractivity contribution is 5.97. The predicted molar refractivity (Wildman–Crippen MR) is 90.5 cm³/mol. The fourth-order valence-corrected chi connectivity index (χ4v) is 1.93. The average Bonchev–Trinajstić information content (AvgIpc) is 2.54. The van der Waals surface area contributed by atoms with Crippen LogP contribution in [0.5, 0.6) is 0 Å². The molecule has 0 aromatic heterocycles. The van der Waals surface area contributed by atoms with Crippen molar-refractivity contribution in [2.75, 3.05) is 6.54 Å². The van der Waals surface area contributed by atoms with Gasteiger partial charge in [0.1, 0.15) is 6.04 Å². The van der Waals surface area contributed by atoms with Gasteiger partial charge >= 0.3 is 0 Å². The number of nitrogens with one attached hydrogen (secondary N) is 2. The standard InChI is InChI=1S/C16H24N4O4/c1-10(2)16(4,9-17)19-14(21)11(3)18-15(22)12-6-5-7-13(8-12)20(23)24/h5-8,10-11H,9,17H2,1-4H3,(H,18,22)(H,19,21). The molecule has 2 atom stereocenters. The Balaban J connectivity index is 2.78. The molecule has 0 saturated carbocycles. The van der Waals surface area contributed by atoms with E-state index in [-0.39, 0.29) is 29.6 Å². The smallest absolute Gasteiger partial charge is 0.270 e. The maximum absolute atomic E-state index is 12.3. The molecule has 2 unspecified atom stereocenters. The number of carbonyl (C=O) groups is 2. The largest absolute Gasteiger partial charge is 0.348 e. The number of nitro groups is 1. The molecule has 8 heteroatoms. The van der Waals surface area contributed by atoms with E-state index in [0.29, 0.717) is 0 Å². The highest BCUT2D eigenvalue weighted by Crippen LogP contribution is 2.15. The van der Waals surface area contributed by atoms with Crippen molar-refractivity contribution in [1.29, 1.82) is 0 Å². The van der Waals surface area contributed by atoms with Gasteiger partial charge in [0.2, 0.25) is 5.91 Å². The highest BCUT2D eigenvalue weighted by Gasteiger charge is 2.30. The van der Waals surface area contributed by atoms with Crippen LogP contribution in [0.2, 0.25) is 0 Å². The number of hydrogen-bond donors (Lipinski definition) is 3. The van der Waals surface area contributed by atoms with Crippen LogP contribution in [0, 0.1) is 16.0 Å². The zero-order valence-electron chi connectivity index (χ0n) is 14.3. The third kappa shape index (κ3) is 4.76. The second-order valence-corrected chi connectivity index (χ2v) is 6.27. The van der Waals surface area contributed by atoms with Crippen LogP contribution in [-0.2, 0) is 4.79 Å². The Labute approximate surface area is 140 Å². The van der Waals surface area contributed by atoms with Crippen molar-refractivity contribution in [3.8, 4) is 0 Å². The van der Waals surface area contributed by atoms with Crippen molar-refractivity contribution in [3.63, 3.8) is 0 Å². The average molecular weight is 336 g/mol. The topological polar surface area (TPSA) is 127 Å². The maximum Gasteiger partial charge on any atom is 0.270 e. The van der Waals surface area contributed by atoms with E-state index in [4.69, 9.17) is 5.73 Å². The molecule has 2 amide bonds. The molecular formula is C16H24N4O4. The number of nitrogens with two attached hydrogens (primary N) is 1. The Kier molecular flexibility index (Phi) is 6.42. The molecule has 0 radical (unpaired) electrons. The van der Waals surface area contributed by atoms with E-state index in [9.17, 15) is 19.7 Å². The lowest BCUT2D eigenvalue weighted by Crippen LogP contribution is -2.59. The summed E-state index contributed by atoms with van der Waals surface area (Å²) in [5.41, 5.74) is 5.08. The van der Waals surface area contributed by atoms with Crippen molar-refractivity contribution in [3.05, 3.63) is 39.9 Å². The summed E-state index contributed by atoms with van der Waals surface area (Å²) in [6, 6.07) is 4.52. The van der Waals surface area contributed by atoms with Crippen LogP contribution in [0.1, 0.15) is 38.1 Å². The van der Waals surface area contributed by atoms with Gasteiger partial charge in [0.15, 0.2) is 0 Å². The first-order valence-electron chi connectivity index (χ1n) is 7.68. The zero-order valence-corrected chi connectivity index (χ0v) is 14.3. The molecule has 8 nitrogen and oxygen atoms in total. The Morgan fingerprint density at radius 1 is 1.33 bits per heavy atom. The molecule has 0 aliphatic heterocycles. The van der Waals surface area contributed by atoms with Crippen molar-refractivity contribution in [2.24, 2.45) is 11.7 Å². The van der Waals surface area contributed by atoms with Gasteiger partial charge in [-0.25, -0.2) is 0 Å². The van der Waals surface area contributed by atoms with Gasteiger partial charge in [-0.3, -0.25) is 19.7 Å². The van der Waals surface area contributed by atoms with Gasteiger partial charge in [-0.2, -0.15) is 0 Å². The molecule has 0 heterocycles. The minimum Gasteiger partial charge on any atom is -0.348 e. The molecule has 1 rings (SSSR count). The lowest BCUT2D eigenvalue weighted by Gasteiger charge is -2.34. The maximum atomic E-state index is 12.3. The number of rotatable bonds is 7.